The highest BCUT2D eigenvalue weighted by Crippen LogP contribution is 2.46. The fraction of sp³-hybridized carbons (Fsp3) is 0.130. The van der Waals surface area contributed by atoms with Crippen LogP contribution in [0.2, 0.25) is 10.0 Å². The Kier molecular flexibility index (Phi) is 11.7. The number of aromatic nitrogens is 4. The molecule has 0 spiro atoms. The first-order valence-electron chi connectivity index (χ1n) is 18.9. The van der Waals surface area contributed by atoms with Gasteiger partial charge in [0.25, 0.3) is 0 Å². The summed E-state index contributed by atoms with van der Waals surface area (Å²) in [4.78, 5) is 47.1. The molecular formula is C46H36Cl2N6O5. The number of nitrogens with zero attached hydrogens (tertiary/aromatic N) is 4. The summed E-state index contributed by atoms with van der Waals surface area (Å²) in [6.07, 6.45) is 6.85. The number of carboxylic acids is 1. The third-order valence-corrected chi connectivity index (χ3v) is 10.8. The fourth-order valence-electron chi connectivity index (χ4n) is 7.59. The van der Waals surface area contributed by atoms with Gasteiger partial charge in [0.05, 0.1) is 39.3 Å². The van der Waals surface area contributed by atoms with Crippen molar-refractivity contribution >= 4 is 40.1 Å². The fourth-order valence-corrected chi connectivity index (χ4v) is 8.03. The van der Waals surface area contributed by atoms with Crippen LogP contribution in [0.4, 0.5) is 0 Å². The van der Waals surface area contributed by atoms with Gasteiger partial charge < -0.3 is 29.2 Å². The molecule has 0 radical (unpaired) electrons. The molecule has 0 saturated carbocycles. The van der Waals surface area contributed by atoms with Crippen LogP contribution in [0.15, 0.2) is 143 Å². The first-order chi connectivity index (χ1) is 28.7. The largest absolute Gasteiger partial charge is 0.871 e. The number of carbonyl (C=O) groups excluding carboxylic acids is 1. The second kappa shape index (κ2) is 17.6. The summed E-state index contributed by atoms with van der Waals surface area (Å²) in [5, 5.41) is 27.2. The summed E-state index contributed by atoms with van der Waals surface area (Å²) in [6, 6.07) is 32.0. The predicted molar refractivity (Wildman–Crippen MR) is 219 cm³/mol. The van der Waals surface area contributed by atoms with Gasteiger partial charge in [-0.3, -0.25) is 24.7 Å². The summed E-state index contributed by atoms with van der Waals surface area (Å²) >= 11 is 13.6. The molecule has 1 aliphatic carbocycles. The molecule has 4 aromatic heterocycles. The zero-order valence-electron chi connectivity index (χ0n) is 31.5. The van der Waals surface area contributed by atoms with Crippen LogP contribution >= 0.6 is 23.2 Å². The Balaban J connectivity index is 1.37. The van der Waals surface area contributed by atoms with E-state index in [1.165, 1.54) is 18.2 Å². The van der Waals surface area contributed by atoms with Crippen LogP contribution < -0.4 is 25.4 Å². The van der Waals surface area contributed by atoms with E-state index in [0.29, 0.717) is 42.7 Å². The van der Waals surface area contributed by atoms with Gasteiger partial charge in [-0.2, -0.15) is 0 Å². The zero-order valence-corrected chi connectivity index (χ0v) is 33.0. The standard InChI is InChI=1S/C46H36Cl2N6O5/c47-39-21-35-41(33-15-1-2-16-34(33)46(57)58)36-22-40(48)43(56)38(28-54(25-31-13-5-9-19-51-31)26-32-14-6-10-20-52-32)45(36)59-44(35)37(42(39)55)27-53(23-29-11-3-7-17-49-29)24-30-12-4-8-18-50-30/h1-22,55H,23-28H2,(H,57,58). The maximum absolute atomic E-state index is 14.3. The minimum Gasteiger partial charge on any atom is -0.871 e. The van der Waals surface area contributed by atoms with E-state index in [9.17, 15) is 19.8 Å². The number of rotatable bonds is 14. The first kappa shape index (κ1) is 39.3. The van der Waals surface area contributed by atoms with Gasteiger partial charge in [-0.25, -0.2) is 0 Å². The Bertz CT molecular complexity index is 2690. The third kappa shape index (κ3) is 8.69. The number of nitrogens with one attached hydrogen (secondary N) is 2. The topological polar surface area (TPSA) is 154 Å². The molecule has 0 atom stereocenters. The molecule has 2 N–H and O–H groups in total. The lowest BCUT2D eigenvalue weighted by molar-refractivity contribution is -0.941. The summed E-state index contributed by atoms with van der Waals surface area (Å²) in [7, 11) is 0. The number of quaternary nitrogens is 2. The molecule has 6 aromatic rings. The molecule has 1 aliphatic heterocycles. The molecule has 2 aromatic carbocycles. The van der Waals surface area contributed by atoms with Gasteiger partial charge >= 0.3 is 0 Å². The summed E-state index contributed by atoms with van der Waals surface area (Å²) in [6.45, 7) is 1.91. The molecule has 8 rings (SSSR count). The highest BCUT2D eigenvalue weighted by molar-refractivity contribution is 6.33. The normalized spacial score (nSPS) is 11.5. The highest BCUT2D eigenvalue weighted by Gasteiger charge is 2.30. The van der Waals surface area contributed by atoms with Crippen LogP contribution in [0.3, 0.4) is 0 Å². The van der Waals surface area contributed by atoms with Crippen molar-refractivity contribution in [2.75, 3.05) is 0 Å². The maximum Gasteiger partial charge on any atom is 0.209 e. The number of carboxylic acid groups (broad SMARTS) is 1. The Morgan fingerprint density at radius 2 is 1.07 bits per heavy atom. The average molecular weight is 824 g/mol. The molecule has 0 bridgehead atoms. The van der Waals surface area contributed by atoms with Crippen molar-refractivity contribution in [1.82, 2.24) is 19.9 Å². The molecule has 0 fully saturated rings. The monoisotopic (exact) mass is 822 g/mol. The number of fused-ring (bicyclic) bond motifs is 2. The lowest BCUT2D eigenvalue weighted by Crippen LogP contribution is -3.08. The van der Waals surface area contributed by atoms with Crippen LogP contribution in [0.25, 0.3) is 33.4 Å². The van der Waals surface area contributed by atoms with Crippen molar-refractivity contribution < 1.29 is 29.2 Å². The second-order valence-electron chi connectivity index (χ2n) is 14.2. The van der Waals surface area contributed by atoms with E-state index in [-0.39, 0.29) is 56.7 Å². The van der Waals surface area contributed by atoms with Gasteiger partial charge in [-0.1, -0.05) is 77.5 Å². The molecule has 294 valence electrons. The second-order valence-corrected chi connectivity index (χ2v) is 15.1. The van der Waals surface area contributed by atoms with Gasteiger partial charge in [-0.15, -0.1) is 0 Å². The minimum atomic E-state index is -1.41. The minimum absolute atomic E-state index is 0.0858. The number of pyridine rings is 4. The van der Waals surface area contributed by atoms with Crippen LogP contribution in [-0.4, -0.2) is 25.9 Å². The van der Waals surface area contributed by atoms with E-state index < -0.39 is 17.1 Å². The molecular weight excluding hydrogens is 787 g/mol. The molecule has 5 heterocycles. The Labute approximate surface area is 349 Å². The Morgan fingerprint density at radius 1 is 0.593 bits per heavy atom. The summed E-state index contributed by atoms with van der Waals surface area (Å²) < 4.78 is 6.88. The van der Waals surface area contributed by atoms with Crippen molar-refractivity contribution in [2.45, 2.75) is 39.3 Å². The SMILES string of the molecule is O=C([O-])c1ccccc1-c1c2cc(Cl)c(=O)c(C[NH+](Cc3ccccn3)Cc3ccccn3)c-2oc2c(C[NH+](Cc3ccccn3)Cc3ccccn3)c([O-])c(Cl)cc12. The first-order valence-corrected chi connectivity index (χ1v) is 19.7. The molecule has 11 nitrogen and oxygen atoms in total. The van der Waals surface area contributed by atoms with Crippen molar-refractivity contribution in [1.29, 1.82) is 0 Å². The molecule has 59 heavy (non-hydrogen) atoms. The average Bonchev–Trinajstić information content (AvgIpc) is 3.25. The van der Waals surface area contributed by atoms with Crippen LogP contribution in [0, 0.1) is 0 Å². The Hall–Kier alpha value is -6.50. The number of hydrogen-bond acceptors (Lipinski definition) is 9. The summed E-state index contributed by atoms with van der Waals surface area (Å²) in [5.41, 5.74) is 4.25. The Morgan fingerprint density at radius 3 is 1.54 bits per heavy atom. The molecule has 0 saturated heterocycles. The van der Waals surface area contributed by atoms with Gasteiger partial charge in [0.15, 0.2) is 0 Å². The van der Waals surface area contributed by atoms with Crippen LogP contribution in [0.5, 0.6) is 5.75 Å². The zero-order chi connectivity index (χ0) is 40.9. The smallest absolute Gasteiger partial charge is 0.209 e. The van der Waals surface area contributed by atoms with Crippen LogP contribution in [-0.2, 0) is 39.3 Å². The predicted octanol–water partition coefficient (Wildman–Crippen LogP) is 4.46. The molecule has 13 heteroatoms. The van der Waals surface area contributed by atoms with E-state index in [4.69, 9.17) is 27.6 Å². The van der Waals surface area contributed by atoms with Gasteiger partial charge in [-0.05, 0) is 66.2 Å². The van der Waals surface area contributed by atoms with Crippen molar-refractivity contribution in [3.05, 3.63) is 194 Å². The lowest BCUT2D eigenvalue weighted by Gasteiger charge is -2.27. The van der Waals surface area contributed by atoms with E-state index in [1.54, 1.807) is 43.0 Å². The van der Waals surface area contributed by atoms with Gasteiger partial charge in [0, 0.05) is 57.5 Å². The highest BCUT2D eigenvalue weighted by atomic mass is 35.5. The van der Waals surface area contributed by atoms with E-state index in [2.05, 4.69) is 19.9 Å². The lowest BCUT2D eigenvalue weighted by atomic mass is 9.88. The van der Waals surface area contributed by atoms with Gasteiger partial charge in [0.2, 0.25) is 5.43 Å². The van der Waals surface area contributed by atoms with Crippen molar-refractivity contribution in [3.63, 3.8) is 0 Å². The molecule has 0 unspecified atom stereocenters. The van der Waals surface area contributed by atoms with E-state index in [0.717, 1.165) is 32.6 Å². The molecule has 2 aliphatic rings. The van der Waals surface area contributed by atoms with E-state index >= 15 is 0 Å². The number of carbonyl (C=O) groups is 1. The van der Waals surface area contributed by atoms with Crippen LogP contribution in [0.1, 0.15) is 44.3 Å². The summed E-state index contributed by atoms with van der Waals surface area (Å²) in [5.74, 6) is -1.71. The van der Waals surface area contributed by atoms with Crippen molar-refractivity contribution in [2.24, 2.45) is 0 Å². The number of aromatic carboxylic acids is 1. The van der Waals surface area contributed by atoms with Crippen molar-refractivity contribution in [3.8, 4) is 28.2 Å². The molecule has 0 amide bonds. The third-order valence-electron chi connectivity index (χ3n) is 10.2. The van der Waals surface area contributed by atoms with E-state index in [1.807, 2.05) is 72.8 Å². The quantitative estimate of drug-likeness (QED) is 0.152. The maximum atomic E-state index is 14.3. The van der Waals surface area contributed by atoms with Gasteiger partial charge in [0.1, 0.15) is 50.6 Å². The number of halogens is 2. The number of benzene rings is 3. The number of hydrogen-bond donors (Lipinski definition) is 2.